The molecule has 0 bridgehead atoms. The molecule has 19 heavy (non-hydrogen) atoms. The highest BCUT2D eigenvalue weighted by Crippen LogP contribution is 2.37. The van der Waals surface area contributed by atoms with E-state index in [-0.39, 0.29) is 11.7 Å². The van der Waals surface area contributed by atoms with E-state index in [1.54, 1.807) is 14.2 Å². The maximum atomic E-state index is 10.4. The van der Waals surface area contributed by atoms with Crippen LogP contribution in [0.5, 0.6) is 5.75 Å². The topological polar surface area (TPSA) is 38.7 Å². The minimum atomic E-state index is -0.373. The predicted octanol–water partition coefficient (Wildman–Crippen LogP) is 2.95. The lowest BCUT2D eigenvalue weighted by Gasteiger charge is -2.33. The molecule has 0 radical (unpaired) electrons. The molecule has 3 heteroatoms. The molecule has 0 saturated heterocycles. The van der Waals surface area contributed by atoms with E-state index in [1.165, 1.54) is 5.56 Å². The highest BCUT2D eigenvalue weighted by Gasteiger charge is 2.40. The van der Waals surface area contributed by atoms with Gasteiger partial charge in [0.05, 0.1) is 18.8 Å². The number of hydrogen-bond donors (Lipinski definition) is 1. The van der Waals surface area contributed by atoms with Crippen LogP contribution in [-0.2, 0) is 11.2 Å². The number of methoxy groups -OCH3 is 2. The van der Waals surface area contributed by atoms with Crippen molar-refractivity contribution in [3.05, 3.63) is 29.8 Å². The first-order valence-electron chi connectivity index (χ1n) is 7.06. The zero-order valence-electron chi connectivity index (χ0n) is 11.9. The van der Waals surface area contributed by atoms with Crippen LogP contribution in [0.15, 0.2) is 24.3 Å². The highest BCUT2D eigenvalue weighted by atomic mass is 16.5. The second-order valence-electron chi connectivity index (χ2n) is 5.38. The maximum absolute atomic E-state index is 10.4. The van der Waals surface area contributed by atoms with Gasteiger partial charge in [-0.2, -0.15) is 0 Å². The van der Waals surface area contributed by atoms with Crippen LogP contribution in [0, 0.1) is 0 Å². The molecule has 0 heterocycles. The van der Waals surface area contributed by atoms with E-state index in [1.807, 2.05) is 12.1 Å². The number of aryl methyl sites for hydroxylation is 1. The Morgan fingerprint density at radius 2 is 1.79 bits per heavy atom. The predicted molar refractivity (Wildman–Crippen MR) is 75.5 cm³/mol. The molecule has 1 aromatic carbocycles. The maximum Gasteiger partial charge on any atom is 0.118 e. The lowest BCUT2D eigenvalue weighted by atomic mass is 9.90. The summed E-state index contributed by atoms with van der Waals surface area (Å²) in [4.78, 5) is 0. The van der Waals surface area contributed by atoms with Gasteiger partial charge in [0, 0.05) is 7.11 Å². The van der Waals surface area contributed by atoms with Gasteiger partial charge in [-0.1, -0.05) is 25.0 Å². The minimum absolute atomic E-state index is 0.299. The summed E-state index contributed by atoms with van der Waals surface area (Å²) in [5.41, 5.74) is 0.927. The van der Waals surface area contributed by atoms with E-state index >= 15 is 0 Å². The molecule has 1 aromatic rings. The molecule has 0 aliphatic heterocycles. The third-order valence-electron chi connectivity index (χ3n) is 4.33. The van der Waals surface area contributed by atoms with Crippen molar-refractivity contribution in [3.63, 3.8) is 0 Å². The molecule has 1 aliphatic rings. The number of aliphatic hydroxyl groups is 1. The average molecular weight is 264 g/mol. The second-order valence-corrected chi connectivity index (χ2v) is 5.38. The van der Waals surface area contributed by atoms with E-state index in [4.69, 9.17) is 9.47 Å². The van der Waals surface area contributed by atoms with Gasteiger partial charge in [-0.25, -0.2) is 0 Å². The van der Waals surface area contributed by atoms with Crippen molar-refractivity contribution in [2.24, 2.45) is 0 Å². The van der Waals surface area contributed by atoms with Crippen molar-refractivity contribution in [1.82, 2.24) is 0 Å². The van der Waals surface area contributed by atoms with Gasteiger partial charge in [0.2, 0.25) is 0 Å². The Balaban J connectivity index is 1.90. The molecule has 1 fully saturated rings. The average Bonchev–Trinajstić information content (AvgIpc) is 2.95. The van der Waals surface area contributed by atoms with Gasteiger partial charge in [-0.3, -0.25) is 0 Å². The summed E-state index contributed by atoms with van der Waals surface area (Å²) in [5.74, 6) is 0.869. The van der Waals surface area contributed by atoms with Gasteiger partial charge in [0.15, 0.2) is 0 Å². The Morgan fingerprint density at radius 1 is 1.16 bits per heavy atom. The van der Waals surface area contributed by atoms with Crippen LogP contribution in [0.1, 0.15) is 37.7 Å². The summed E-state index contributed by atoms with van der Waals surface area (Å²) in [6, 6.07) is 8.03. The molecule has 3 nitrogen and oxygen atoms in total. The van der Waals surface area contributed by atoms with Crippen LogP contribution in [0.3, 0.4) is 0 Å². The van der Waals surface area contributed by atoms with Crippen LogP contribution < -0.4 is 4.74 Å². The zero-order chi connectivity index (χ0) is 13.7. The van der Waals surface area contributed by atoms with Crippen molar-refractivity contribution >= 4 is 0 Å². The van der Waals surface area contributed by atoms with E-state index in [2.05, 4.69) is 12.1 Å². The number of benzene rings is 1. The summed E-state index contributed by atoms with van der Waals surface area (Å²) < 4.78 is 10.8. The molecule has 2 rings (SSSR count). The fourth-order valence-electron chi connectivity index (χ4n) is 3.01. The summed E-state index contributed by atoms with van der Waals surface area (Å²) in [6.07, 6.45) is 5.53. The van der Waals surface area contributed by atoms with E-state index in [9.17, 15) is 5.11 Å². The summed E-state index contributed by atoms with van der Waals surface area (Å²) in [6.45, 7) is 0. The molecule has 0 spiro atoms. The van der Waals surface area contributed by atoms with Crippen LogP contribution in [0.2, 0.25) is 0 Å². The second kappa shape index (κ2) is 6.40. The monoisotopic (exact) mass is 264 g/mol. The summed E-state index contributed by atoms with van der Waals surface area (Å²) >= 11 is 0. The van der Waals surface area contributed by atoms with E-state index in [0.717, 1.165) is 44.3 Å². The first-order valence-corrected chi connectivity index (χ1v) is 7.06. The van der Waals surface area contributed by atoms with Gasteiger partial charge in [0.1, 0.15) is 5.75 Å². The summed E-state index contributed by atoms with van der Waals surface area (Å²) in [5, 5.41) is 10.4. The number of rotatable bonds is 6. The Bertz CT molecular complexity index is 379. The van der Waals surface area contributed by atoms with Crippen molar-refractivity contribution in [2.75, 3.05) is 14.2 Å². The Kier molecular flexibility index (Phi) is 4.83. The van der Waals surface area contributed by atoms with Gasteiger partial charge >= 0.3 is 0 Å². The Morgan fingerprint density at radius 3 is 2.32 bits per heavy atom. The van der Waals surface area contributed by atoms with Crippen molar-refractivity contribution in [2.45, 2.75) is 50.2 Å². The first-order chi connectivity index (χ1) is 9.20. The Labute approximate surface area is 115 Å². The van der Waals surface area contributed by atoms with Crippen molar-refractivity contribution in [3.8, 4) is 5.75 Å². The minimum Gasteiger partial charge on any atom is -0.497 e. The normalized spacial score (nSPS) is 19.3. The van der Waals surface area contributed by atoms with Gasteiger partial charge in [-0.15, -0.1) is 0 Å². The molecule has 1 atom stereocenters. The van der Waals surface area contributed by atoms with Gasteiger partial charge < -0.3 is 14.6 Å². The van der Waals surface area contributed by atoms with E-state index < -0.39 is 0 Å². The molecule has 0 amide bonds. The molecule has 1 saturated carbocycles. The molecule has 1 unspecified atom stereocenters. The number of ether oxygens (including phenoxy) is 2. The van der Waals surface area contributed by atoms with E-state index in [0.29, 0.717) is 0 Å². The quantitative estimate of drug-likeness (QED) is 0.858. The van der Waals surface area contributed by atoms with Crippen LogP contribution in [0.4, 0.5) is 0 Å². The lowest BCUT2D eigenvalue weighted by molar-refractivity contribution is -0.100. The molecular weight excluding hydrogens is 240 g/mol. The van der Waals surface area contributed by atoms with Crippen molar-refractivity contribution < 1.29 is 14.6 Å². The zero-order valence-corrected chi connectivity index (χ0v) is 11.9. The Hall–Kier alpha value is -1.06. The summed E-state index contributed by atoms with van der Waals surface area (Å²) in [7, 11) is 3.39. The third-order valence-corrected chi connectivity index (χ3v) is 4.33. The number of hydrogen-bond acceptors (Lipinski definition) is 3. The highest BCUT2D eigenvalue weighted by molar-refractivity contribution is 5.27. The first kappa shape index (κ1) is 14.4. The SMILES string of the molecule is COc1ccc(CCC(O)C2(OC)CCCC2)cc1. The molecule has 0 aromatic heterocycles. The van der Waals surface area contributed by atoms with Crippen LogP contribution >= 0.6 is 0 Å². The largest absolute Gasteiger partial charge is 0.497 e. The molecular formula is C16H24O3. The van der Waals surface area contributed by atoms with Crippen molar-refractivity contribution in [1.29, 1.82) is 0 Å². The smallest absolute Gasteiger partial charge is 0.118 e. The lowest BCUT2D eigenvalue weighted by Crippen LogP contribution is -2.41. The van der Waals surface area contributed by atoms with Gasteiger partial charge in [-0.05, 0) is 43.4 Å². The van der Waals surface area contributed by atoms with Gasteiger partial charge in [0.25, 0.3) is 0 Å². The fourth-order valence-corrected chi connectivity index (χ4v) is 3.01. The van der Waals surface area contributed by atoms with Crippen LogP contribution in [0.25, 0.3) is 0 Å². The fraction of sp³-hybridized carbons (Fsp3) is 0.625. The molecule has 1 aliphatic carbocycles. The third kappa shape index (κ3) is 3.28. The standard InChI is InChI=1S/C16H24O3/c1-18-14-8-5-13(6-9-14)7-10-15(17)16(19-2)11-3-4-12-16/h5-6,8-9,15,17H,3-4,7,10-12H2,1-2H3. The van der Waals surface area contributed by atoms with Crippen LogP contribution in [-0.4, -0.2) is 31.0 Å². The number of aliphatic hydroxyl groups excluding tert-OH is 1. The molecule has 106 valence electrons. The molecule has 1 N–H and O–H groups in total.